The highest BCUT2D eigenvalue weighted by molar-refractivity contribution is 5.94. The first-order chi connectivity index (χ1) is 16.6. The van der Waals surface area contributed by atoms with Gasteiger partial charge in [0.05, 0.1) is 12.9 Å². The normalized spacial score (nSPS) is 14.3. The number of amides is 4. The maximum absolute atomic E-state index is 12.9. The Balaban J connectivity index is 2.98. The van der Waals surface area contributed by atoms with Gasteiger partial charge in [0, 0.05) is 24.7 Å². The molecule has 0 aromatic carbocycles. The quantitative estimate of drug-likeness (QED) is 0.0945. The lowest BCUT2D eigenvalue weighted by atomic mass is 10.0. The van der Waals surface area contributed by atoms with Gasteiger partial charge in [0.2, 0.25) is 23.6 Å². The Morgan fingerprint density at radius 1 is 0.971 bits per heavy atom. The number of carbonyl (C=O) groups excluding carboxylic acids is 4. The molecule has 35 heavy (non-hydrogen) atoms. The van der Waals surface area contributed by atoms with E-state index in [-0.39, 0.29) is 25.7 Å². The van der Waals surface area contributed by atoms with Crippen LogP contribution in [0.5, 0.6) is 0 Å². The second-order valence-electron chi connectivity index (χ2n) is 7.88. The molecule has 4 atom stereocenters. The molecule has 0 saturated heterocycles. The molecule has 1 rings (SSSR count). The molecule has 0 radical (unpaired) electrons. The summed E-state index contributed by atoms with van der Waals surface area (Å²) in [6, 6.07) is -5.04. The number of nitrogens with zero attached hydrogens (tertiary/aromatic N) is 1. The Hall–Kier alpha value is -3.56. The van der Waals surface area contributed by atoms with Crippen molar-refractivity contribution in [3.63, 3.8) is 0 Å². The number of hydrogen-bond acceptors (Lipinski definition) is 9. The number of unbranched alkanes of at least 4 members (excludes halogenated alkanes) is 1. The van der Waals surface area contributed by atoms with E-state index in [1.165, 1.54) is 12.5 Å². The van der Waals surface area contributed by atoms with E-state index in [9.17, 15) is 29.1 Å². The maximum Gasteiger partial charge on any atom is 0.326 e. The van der Waals surface area contributed by atoms with Crippen LogP contribution in [0.25, 0.3) is 0 Å². The fourth-order valence-corrected chi connectivity index (χ4v) is 3.04. The van der Waals surface area contributed by atoms with Crippen molar-refractivity contribution in [2.75, 3.05) is 13.2 Å². The molecule has 1 heterocycles. The molecule has 15 nitrogen and oxygen atoms in total. The summed E-state index contributed by atoms with van der Waals surface area (Å²) in [5.74, 6) is -4.41. The zero-order chi connectivity index (χ0) is 26.4. The van der Waals surface area contributed by atoms with Crippen LogP contribution >= 0.6 is 0 Å². The van der Waals surface area contributed by atoms with E-state index in [0.717, 1.165) is 0 Å². The van der Waals surface area contributed by atoms with E-state index >= 15 is 0 Å². The average Bonchev–Trinajstić information content (AvgIpc) is 3.32. The third-order valence-corrected chi connectivity index (χ3v) is 5.02. The molecule has 15 heteroatoms. The first-order valence-electron chi connectivity index (χ1n) is 11.0. The first-order valence-corrected chi connectivity index (χ1v) is 11.0. The van der Waals surface area contributed by atoms with E-state index in [0.29, 0.717) is 25.1 Å². The lowest BCUT2D eigenvalue weighted by molar-refractivity contribution is -0.142. The van der Waals surface area contributed by atoms with Crippen molar-refractivity contribution in [1.29, 1.82) is 0 Å². The molecule has 0 saturated carbocycles. The van der Waals surface area contributed by atoms with Crippen molar-refractivity contribution >= 4 is 29.6 Å². The number of rotatable bonds is 17. The van der Waals surface area contributed by atoms with E-state index in [2.05, 4.69) is 25.9 Å². The third-order valence-electron chi connectivity index (χ3n) is 5.02. The number of carbonyl (C=O) groups is 5. The van der Waals surface area contributed by atoms with Gasteiger partial charge in [-0.1, -0.05) is 0 Å². The van der Waals surface area contributed by atoms with E-state index in [4.69, 9.17) is 22.3 Å². The molecule has 0 bridgehead atoms. The highest BCUT2D eigenvalue weighted by Crippen LogP contribution is 2.06. The summed E-state index contributed by atoms with van der Waals surface area (Å²) >= 11 is 0. The molecular weight excluding hydrogens is 464 g/mol. The lowest BCUT2D eigenvalue weighted by Gasteiger charge is -2.25. The van der Waals surface area contributed by atoms with Crippen LogP contribution in [0, 0.1) is 0 Å². The molecule has 4 unspecified atom stereocenters. The maximum atomic E-state index is 12.9. The topological polar surface area (TPSA) is 269 Å². The Morgan fingerprint density at radius 3 is 2.09 bits per heavy atom. The summed E-state index contributed by atoms with van der Waals surface area (Å²) in [4.78, 5) is 67.3. The second-order valence-corrected chi connectivity index (χ2v) is 7.88. The number of primary amides is 1. The molecule has 4 amide bonds. The van der Waals surface area contributed by atoms with Gasteiger partial charge in [-0.2, -0.15) is 0 Å². The van der Waals surface area contributed by atoms with Gasteiger partial charge in [0.15, 0.2) is 0 Å². The minimum Gasteiger partial charge on any atom is -0.480 e. The number of H-pyrrole nitrogens is 1. The van der Waals surface area contributed by atoms with Crippen LogP contribution in [0.1, 0.15) is 37.8 Å². The van der Waals surface area contributed by atoms with Gasteiger partial charge in [0.25, 0.3) is 0 Å². The molecule has 196 valence electrons. The number of nitrogens with two attached hydrogens (primary N) is 3. The zero-order valence-electron chi connectivity index (χ0n) is 19.2. The summed E-state index contributed by atoms with van der Waals surface area (Å²) in [6.45, 7) is -0.330. The Labute approximate surface area is 201 Å². The van der Waals surface area contributed by atoms with Crippen LogP contribution in [0.4, 0.5) is 0 Å². The number of imidazole rings is 1. The zero-order valence-corrected chi connectivity index (χ0v) is 19.2. The summed E-state index contributed by atoms with van der Waals surface area (Å²) in [5.41, 5.74) is 16.6. The Bertz CT molecular complexity index is 849. The van der Waals surface area contributed by atoms with Crippen molar-refractivity contribution in [2.45, 2.75) is 62.7 Å². The van der Waals surface area contributed by atoms with Gasteiger partial charge >= 0.3 is 5.97 Å². The van der Waals surface area contributed by atoms with Crippen molar-refractivity contribution < 1.29 is 34.2 Å². The van der Waals surface area contributed by atoms with Gasteiger partial charge in [-0.25, -0.2) is 9.78 Å². The van der Waals surface area contributed by atoms with Crippen LogP contribution in [-0.2, 0) is 30.4 Å². The van der Waals surface area contributed by atoms with Crippen LogP contribution in [0.2, 0.25) is 0 Å². The van der Waals surface area contributed by atoms with Crippen molar-refractivity contribution in [2.24, 2.45) is 17.2 Å². The molecule has 12 N–H and O–H groups in total. The number of nitrogens with one attached hydrogen (secondary N) is 4. The highest BCUT2D eigenvalue weighted by Gasteiger charge is 2.30. The number of aliphatic hydroxyl groups is 1. The van der Waals surface area contributed by atoms with Gasteiger partial charge in [-0.05, 0) is 32.2 Å². The van der Waals surface area contributed by atoms with E-state index < -0.39 is 60.4 Å². The second kappa shape index (κ2) is 15.4. The van der Waals surface area contributed by atoms with Gasteiger partial charge in [-0.15, -0.1) is 0 Å². The predicted octanol–water partition coefficient (Wildman–Crippen LogP) is -3.79. The van der Waals surface area contributed by atoms with Gasteiger partial charge in [-0.3, -0.25) is 19.2 Å². The Kier molecular flexibility index (Phi) is 12.9. The SMILES string of the molecule is NCCCCC(NC(=O)C(CCC(N)=O)NC(=O)C(N)CO)C(=O)NC(Cc1cnc[nH]1)C(=O)O. The molecule has 1 aromatic rings. The largest absolute Gasteiger partial charge is 0.480 e. The average molecular weight is 499 g/mol. The molecule has 0 fully saturated rings. The van der Waals surface area contributed by atoms with Crippen LogP contribution < -0.4 is 33.2 Å². The van der Waals surface area contributed by atoms with Crippen LogP contribution in [0.3, 0.4) is 0 Å². The number of aromatic nitrogens is 2. The number of aliphatic carboxylic acids is 1. The van der Waals surface area contributed by atoms with Crippen LogP contribution in [0.15, 0.2) is 12.5 Å². The minimum absolute atomic E-state index is 0.0686. The van der Waals surface area contributed by atoms with Crippen molar-refractivity contribution in [1.82, 2.24) is 25.9 Å². The summed E-state index contributed by atoms with van der Waals surface area (Å²) in [5, 5.41) is 25.8. The third kappa shape index (κ3) is 10.9. The number of carboxylic acids is 1. The highest BCUT2D eigenvalue weighted by atomic mass is 16.4. The van der Waals surface area contributed by atoms with Gasteiger partial charge in [0.1, 0.15) is 24.2 Å². The van der Waals surface area contributed by atoms with Gasteiger partial charge < -0.3 is 48.3 Å². The smallest absolute Gasteiger partial charge is 0.326 e. The van der Waals surface area contributed by atoms with E-state index in [1.54, 1.807) is 0 Å². The summed E-state index contributed by atoms with van der Waals surface area (Å²) < 4.78 is 0. The number of carboxylic acid groups (broad SMARTS) is 1. The monoisotopic (exact) mass is 498 g/mol. The fraction of sp³-hybridized carbons (Fsp3) is 0.600. The molecule has 0 spiro atoms. The molecule has 1 aromatic heterocycles. The number of aromatic amines is 1. The molecule has 0 aliphatic heterocycles. The summed E-state index contributed by atoms with van der Waals surface area (Å²) in [7, 11) is 0. The first kappa shape index (κ1) is 29.5. The fourth-order valence-electron chi connectivity index (χ4n) is 3.04. The molecular formula is C20H34N8O7. The lowest BCUT2D eigenvalue weighted by Crippen LogP contribution is -2.57. The summed E-state index contributed by atoms with van der Waals surface area (Å²) in [6.07, 6.45) is 3.42. The van der Waals surface area contributed by atoms with E-state index in [1.807, 2.05) is 0 Å². The van der Waals surface area contributed by atoms with Crippen molar-refractivity contribution in [3.05, 3.63) is 18.2 Å². The number of aliphatic hydroxyl groups excluding tert-OH is 1. The standard InChI is InChI=1S/C20H34N8O7/c21-6-2-1-3-13(18(32)28-15(20(34)35)7-11-8-24-10-25-11)27-19(33)14(4-5-16(23)30)26-17(31)12(22)9-29/h8,10,12-15,29H,1-7,9,21-22H2,(H2,23,30)(H,24,25)(H,26,31)(H,27,33)(H,28,32)(H,34,35). The minimum atomic E-state index is -1.30. The Morgan fingerprint density at radius 2 is 1.57 bits per heavy atom. The molecule has 0 aliphatic rings. The van der Waals surface area contributed by atoms with Crippen LogP contribution in [-0.4, -0.2) is 87.1 Å². The van der Waals surface area contributed by atoms with Crippen molar-refractivity contribution in [3.8, 4) is 0 Å². The molecule has 0 aliphatic carbocycles. The number of hydrogen-bond donors (Lipinski definition) is 9. The predicted molar refractivity (Wildman–Crippen MR) is 122 cm³/mol.